The lowest BCUT2D eigenvalue weighted by Crippen LogP contribution is -2.63. The maximum absolute atomic E-state index is 13.9. The van der Waals surface area contributed by atoms with Crippen LogP contribution in [0.15, 0.2) is 18.2 Å². The average Bonchev–Trinajstić information content (AvgIpc) is 2.41. The minimum atomic E-state index is -2.47. The Morgan fingerprint density at radius 2 is 2.15 bits per heavy atom. The Kier molecular flexibility index (Phi) is 2.57. The Bertz CT molecular complexity index is 622. The molecule has 106 valence electrons. The van der Waals surface area contributed by atoms with Crippen LogP contribution in [0.5, 0.6) is 0 Å². The van der Waals surface area contributed by atoms with Gasteiger partial charge in [-0.3, -0.25) is 14.9 Å². The van der Waals surface area contributed by atoms with Crippen molar-refractivity contribution in [1.82, 2.24) is 5.32 Å². The second-order valence-corrected chi connectivity index (χ2v) is 5.41. The third-order valence-corrected chi connectivity index (χ3v) is 4.23. The zero-order valence-electron chi connectivity index (χ0n) is 10.5. The number of carbonyl (C=O) groups excluding carboxylic acids is 1. The first kappa shape index (κ1) is 13.0. The van der Waals surface area contributed by atoms with Crippen LogP contribution in [0, 0.1) is 10.1 Å². The molecule has 1 spiro atoms. The Hall–Kier alpha value is -2.05. The predicted molar refractivity (Wildman–Crippen MR) is 65.7 cm³/mol. The normalized spacial score (nSPS) is 31.4. The fourth-order valence-electron chi connectivity index (χ4n) is 2.97. The standard InChI is InChI=1S/C13H12F2N2O3/c14-7-12(15)3-4-13(16-11(12)18)6-8-1-2-9(17(19)20)5-10(8)13/h1-2,5H,3-4,6-7H2,(H,16,18)/t12-,13-/m1/s1. The number of rotatable bonds is 2. The molecule has 1 aliphatic carbocycles. The Balaban J connectivity index is 1.93. The lowest BCUT2D eigenvalue weighted by molar-refractivity contribution is -0.385. The summed E-state index contributed by atoms with van der Waals surface area (Å²) in [6.45, 7) is -1.35. The van der Waals surface area contributed by atoms with Crippen molar-refractivity contribution in [2.45, 2.75) is 30.5 Å². The summed E-state index contributed by atoms with van der Waals surface area (Å²) in [5.41, 5.74) is -1.78. The van der Waals surface area contributed by atoms with E-state index in [1.165, 1.54) is 12.1 Å². The summed E-state index contributed by atoms with van der Waals surface area (Å²) in [5.74, 6) is -0.969. The third-order valence-electron chi connectivity index (χ3n) is 4.23. The van der Waals surface area contributed by atoms with E-state index in [1.807, 2.05) is 0 Å². The van der Waals surface area contributed by atoms with Crippen LogP contribution >= 0.6 is 0 Å². The number of hydrogen-bond acceptors (Lipinski definition) is 3. The van der Waals surface area contributed by atoms with Crippen molar-refractivity contribution in [1.29, 1.82) is 0 Å². The van der Waals surface area contributed by atoms with E-state index in [9.17, 15) is 23.7 Å². The minimum absolute atomic E-state index is 0.0698. The van der Waals surface area contributed by atoms with E-state index in [4.69, 9.17) is 0 Å². The molecule has 2 aliphatic rings. The smallest absolute Gasteiger partial charge is 0.269 e. The van der Waals surface area contributed by atoms with Gasteiger partial charge in [-0.15, -0.1) is 0 Å². The van der Waals surface area contributed by atoms with Crippen LogP contribution in [0.25, 0.3) is 0 Å². The van der Waals surface area contributed by atoms with Crippen LogP contribution < -0.4 is 5.32 Å². The lowest BCUT2D eigenvalue weighted by atomic mass is 9.65. The van der Waals surface area contributed by atoms with Gasteiger partial charge in [0, 0.05) is 18.6 Å². The number of nitrogens with zero attached hydrogens (tertiary/aromatic N) is 1. The van der Waals surface area contributed by atoms with Gasteiger partial charge in [0.05, 0.1) is 10.5 Å². The summed E-state index contributed by atoms with van der Waals surface area (Å²) < 4.78 is 26.5. The average molecular weight is 282 g/mol. The molecule has 20 heavy (non-hydrogen) atoms. The first-order valence-corrected chi connectivity index (χ1v) is 6.25. The number of piperidine rings is 1. The number of hydrogen-bond donors (Lipinski definition) is 1. The summed E-state index contributed by atoms with van der Waals surface area (Å²) in [5, 5.41) is 13.3. The van der Waals surface area contributed by atoms with Gasteiger partial charge in [-0.1, -0.05) is 6.07 Å². The zero-order chi connectivity index (χ0) is 14.5. The number of nitrogens with one attached hydrogen (secondary N) is 1. The molecule has 0 bridgehead atoms. The summed E-state index contributed by atoms with van der Waals surface area (Å²) in [6, 6.07) is 4.44. The highest BCUT2D eigenvalue weighted by atomic mass is 19.2. The maximum Gasteiger partial charge on any atom is 0.269 e. The summed E-state index contributed by atoms with van der Waals surface area (Å²) in [7, 11) is 0. The van der Waals surface area contributed by atoms with Gasteiger partial charge in [0.2, 0.25) is 5.67 Å². The molecule has 0 aromatic heterocycles. The SMILES string of the molecule is O=C1N[C@]2(CC[C@@]1(F)CF)Cc1ccc([N+](=O)[O-])cc12. The molecule has 0 saturated carbocycles. The summed E-state index contributed by atoms with van der Waals surface area (Å²) >= 11 is 0. The van der Waals surface area contributed by atoms with Gasteiger partial charge in [-0.2, -0.15) is 0 Å². The van der Waals surface area contributed by atoms with Gasteiger partial charge >= 0.3 is 0 Å². The fraction of sp³-hybridized carbons (Fsp3) is 0.462. The molecule has 1 N–H and O–H groups in total. The molecule has 2 atom stereocenters. The fourth-order valence-corrected chi connectivity index (χ4v) is 2.97. The molecule has 0 radical (unpaired) electrons. The molecule has 1 saturated heterocycles. The monoisotopic (exact) mass is 282 g/mol. The van der Waals surface area contributed by atoms with Crippen molar-refractivity contribution >= 4 is 11.6 Å². The number of nitro groups is 1. The van der Waals surface area contributed by atoms with Crippen LogP contribution in [-0.4, -0.2) is 23.2 Å². The topological polar surface area (TPSA) is 72.2 Å². The van der Waals surface area contributed by atoms with Crippen LogP contribution in [0.1, 0.15) is 24.0 Å². The van der Waals surface area contributed by atoms with E-state index in [2.05, 4.69) is 5.32 Å². The molecule has 5 nitrogen and oxygen atoms in total. The quantitative estimate of drug-likeness (QED) is 0.665. The Labute approximate surface area is 113 Å². The van der Waals surface area contributed by atoms with Crippen molar-refractivity contribution in [2.24, 2.45) is 0 Å². The number of benzene rings is 1. The van der Waals surface area contributed by atoms with E-state index >= 15 is 0 Å². The number of nitro benzene ring substituents is 1. The van der Waals surface area contributed by atoms with Crippen LogP contribution in [0.2, 0.25) is 0 Å². The zero-order valence-corrected chi connectivity index (χ0v) is 10.5. The van der Waals surface area contributed by atoms with E-state index in [-0.39, 0.29) is 18.5 Å². The first-order chi connectivity index (χ1) is 9.40. The van der Waals surface area contributed by atoms with Crippen LogP contribution in [0.4, 0.5) is 14.5 Å². The van der Waals surface area contributed by atoms with Crippen molar-refractivity contribution in [3.8, 4) is 0 Å². The van der Waals surface area contributed by atoms with E-state index < -0.39 is 28.7 Å². The highest BCUT2D eigenvalue weighted by molar-refractivity contribution is 5.87. The molecule has 1 amide bonds. The summed E-state index contributed by atoms with van der Waals surface area (Å²) in [4.78, 5) is 22.0. The molecule has 1 aromatic carbocycles. The maximum atomic E-state index is 13.9. The third kappa shape index (κ3) is 1.62. The molecule has 0 unspecified atom stereocenters. The van der Waals surface area contributed by atoms with Crippen LogP contribution in [0.3, 0.4) is 0 Å². The molecule has 7 heteroatoms. The van der Waals surface area contributed by atoms with Gasteiger partial charge in [0.25, 0.3) is 11.6 Å². The van der Waals surface area contributed by atoms with Crippen molar-refractivity contribution < 1.29 is 18.5 Å². The van der Waals surface area contributed by atoms with Gasteiger partial charge in [0.1, 0.15) is 6.67 Å². The highest BCUT2D eigenvalue weighted by Gasteiger charge is 2.54. The number of fused-ring (bicyclic) bond motifs is 2. The van der Waals surface area contributed by atoms with E-state index in [0.717, 1.165) is 5.56 Å². The second kappa shape index (κ2) is 3.97. The first-order valence-electron chi connectivity index (χ1n) is 6.25. The second-order valence-electron chi connectivity index (χ2n) is 5.41. The number of non-ortho nitro benzene ring substituents is 1. The van der Waals surface area contributed by atoms with Crippen LogP contribution in [-0.2, 0) is 16.8 Å². The predicted octanol–water partition coefficient (Wildman–Crippen LogP) is 1.93. The van der Waals surface area contributed by atoms with E-state index in [0.29, 0.717) is 12.0 Å². The Morgan fingerprint density at radius 3 is 2.75 bits per heavy atom. The number of carbonyl (C=O) groups is 1. The number of alkyl halides is 2. The summed E-state index contributed by atoms with van der Waals surface area (Å²) in [6.07, 6.45) is 0.527. The van der Waals surface area contributed by atoms with E-state index in [1.54, 1.807) is 6.07 Å². The van der Waals surface area contributed by atoms with Gasteiger partial charge in [-0.25, -0.2) is 8.78 Å². The molecule has 1 aliphatic heterocycles. The lowest BCUT2D eigenvalue weighted by Gasteiger charge is -2.49. The molecular weight excluding hydrogens is 270 g/mol. The van der Waals surface area contributed by atoms with Crippen molar-refractivity contribution in [3.05, 3.63) is 39.4 Å². The molecule has 1 fully saturated rings. The molecular formula is C13H12F2N2O3. The van der Waals surface area contributed by atoms with Gasteiger partial charge < -0.3 is 5.32 Å². The molecule has 3 rings (SSSR count). The highest BCUT2D eigenvalue weighted by Crippen LogP contribution is 2.47. The van der Waals surface area contributed by atoms with Crippen molar-refractivity contribution in [2.75, 3.05) is 6.67 Å². The Morgan fingerprint density at radius 1 is 1.40 bits per heavy atom. The number of halogens is 2. The minimum Gasteiger partial charge on any atom is -0.343 e. The van der Waals surface area contributed by atoms with Crippen molar-refractivity contribution in [3.63, 3.8) is 0 Å². The molecule has 1 aromatic rings. The molecule has 1 heterocycles. The van der Waals surface area contributed by atoms with Gasteiger partial charge in [-0.05, 0) is 24.0 Å². The number of amides is 1. The largest absolute Gasteiger partial charge is 0.343 e. The van der Waals surface area contributed by atoms with Gasteiger partial charge in [0.15, 0.2) is 0 Å².